The van der Waals surface area contributed by atoms with Gasteiger partial charge in [0.05, 0.1) is 11.6 Å². The Bertz CT molecular complexity index is 1080. The Balaban J connectivity index is 1.86. The predicted octanol–water partition coefficient (Wildman–Crippen LogP) is 5.76. The van der Waals surface area contributed by atoms with Gasteiger partial charge in [0.15, 0.2) is 0 Å². The lowest BCUT2D eigenvalue weighted by molar-refractivity contribution is -0.117. The Hall–Kier alpha value is -3.01. The van der Waals surface area contributed by atoms with Gasteiger partial charge in [0.25, 0.3) is 5.91 Å². The Labute approximate surface area is 185 Å². The molecule has 2 aromatic carbocycles. The fourth-order valence-corrected chi connectivity index (χ4v) is 4.53. The Morgan fingerprint density at radius 2 is 1.77 bits per heavy atom. The molecule has 0 aliphatic heterocycles. The molecule has 30 heavy (non-hydrogen) atoms. The van der Waals surface area contributed by atoms with Gasteiger partial charge in [0.2, 0.25) is 0 Å². The maximum absolute atomic E-state index is 12.8. The Morgan fingerprint density at radius 1 is 1.03 bits per heavy atom. The first-order valence-electron chi connectivity index (χ1n) is 9.53. The van der Waals surface area contributed by atoms with Crippen molar-refractivity contribution >= 4 is 34.7 Å². The molecule has 3 aromatic rings. The van der Waals surface area contributed by atoms with Gasteiger partial charge < -0.3 is 10.6 Å². The number of rotatable bonds is 8. The second kappa shape index (κ2) is 10.7. The fourth-order valence-electron chi connectivity index (χ4n) is 2.80. The van der Waals surface area contributed by atoms with Crippen LogP contribution in [0, 0.1) is 25.2 Å². The van der Waals surface area contributed by atoms with E-state index >= 15 is 0 Å². The monoisotopic (exact) mass is 433 g/mol. The van der Waals surface area contributed by atoms with E-state index in [1.807, 2.05) is 60.8 Å². The molecular weight excluding hydrogens is 410 g/mol. The van der Waals surface area contributed by atoms with Crippen molar-refractivity contribution in [2.75, 3.05) is 5.32 Å². The van der Waals surface area contributed by atoms with E-state index in [4.69, 9.17) is 0 Å². The minimum absolute atomic E-state index is 0.0911. The molecule has 0 aliphatic rings. The van der Waals surface area contributed by atoms with E-state index in [1.165, 1.54) is 22.9 Å². The smallest absolute Gasteiger partial charge is 0.264 e. The molecule has 1 aromatic heterocycles. The normalized spacial score (nSPS) is 11.4. The minimum atomic E-state index is -0.376. The molecule has 0 saturated carbocycles. The van der Waals surface area contributed by atoms with Gasteiger partial charge in [-0.2, -0.15) is 5.26 Å². The zero-order valence-electron chi connectivity index (χ0n) is 16.9. The van der Waals surface area contributed by atoms with Gasteiger partial charge in [-0.1, -0.05) is 48.5 Å². The molecular formula is C24H23N3OS2. The molecule has 0 unspecified atom stereocenters. The standard InChI is InChI=1S/C24H23N3OS2/c1-17-8-3-5-10-19(17)16-30-24(27-22-12-6-4-9-18(22)2)21(14-25)23(28)26-15-20-11-7-13-29-20/h3-13,27H,15-16H2,1-2H3,(H,26,28). The van der Waals surface area contributed by atoms with Gasteiger partial charge >= 0.3 is 0 Å². The van der Waals surface area contributed by atoms with Crippen LogP contribution in [-0.2, 0) is 17.1 Å². The molecule has 0 radical (unpaired) electrons. The number of nitrogens with zero attached hydrogens (tertiary/aromatic N) is 1. The Kier molecular flexibility index (Phi) is 7.72. The molecule has 0 saturated heterocycles. The van der Waals surface area contributed by atoms with E-state index in [1.54, 1.807) is 11.3 Å². The Morgan fingerprint density at radius 3 is 2.43 bits per heavy atom. The number of anilines is 1. The maximum atomic E-state index is 12.8. The lowest BCUT2D eigenvalue weighted by Crippen LogP contribution is -2.25. The van der Waals surface area contributed by atoms with Crippen LogP contribution in [0.2, 0.25) is 0 Å². The molecule has 1 amide bonds. The summed E-state index contributed by atoms with van der Waals surface area (Å²) in [4.78, 5) is 13.9. The molecule has 0 spiro atoms. The van der Waals surface area contributed by atoms with E-state index in [2.05, 4.69) is 35.8 Å². The van der Waals surface area contributed by atoms with Crippen molar-refractivity contribution in [2.45, 2.75) is 26.1 Å². The maximum Gasteiger partial charge on any atom is 0.264 e. The molecule has 2 N–H and O–H groups in total. The van der Waals surface area contributed by atoms with E-state index in [0.29, 0.717) is 17.3 Å². The lowest BCUT2D eigenvalue weighted by atomic mass is 10.1. The molecule has 0 fully saturated rings. The summed E-state index contributed by atoms with van der Waals surface area (Å²) >= 11 is 3.04. The molecule has 152 valence electrons. The number of thioether (sulfide) groups is 1. The number of hydrogen-bond acceptors (Lipinski definition) is 5. The number of nitrogens with one attached hydrogen (secondary N) is 2. The highest BCUT2D eigenvalue weighted by Gasteiger charge is 2.17. The first-order valence-corrected chi connectivity index (χ1v) is 11.4. The second-order valence-electron chi connectivity index (χ2n) is 6.73. The largest absolute Gasteiger partial charge is 0.349 e. The highest BCUT2D eigenvalue weighted by atomic mass is 32.2. The number of hydrogen-bond donors (Lipinski definition) is 2. The zero-order chi connectivity index (χ0) is 21.3. The molecule has 3 rings (SSSR count). The van der Waals surface area contributed by atoms with E-state index < -0.39 is 0 Å². The number of nitriles is 1. The number of benzene rings is 2. The van der Waals surface area contributed by atoms with Gasteiger partial charge in [-0.25, -0.2) is 0 Å². The number of para-hydroxylation sites is 1. The molecule has 0 aliphatic carbocycles. The van der Waals surface area contributed by atoms with Crippen molar-refractivity contribution in [3.05, 3.63) is 98.2 Å². The number of amides is 1. The average molecular weight is 434 g/mol. The number of aryl methyl sites for hydroxylation is 2. The van der Waals surface area contributed by atoms with Crippen LogP contribution in [0.25, 0.3) is 0 Å². The van der Waals surface area contributed by atoms with Gasteiger partial charge in [0, 0.05) is 16.3 Å². The SMILES string of the molecule is Cc1ccccc1CSC(Nc1ccccc1C)=C(C#N)C(=O)NCc1cccs1. The third-order valence-corrected chi connectivity index (χ3v) is 6.52. The van der Waals surface area contributed by atoms with Crippen LogP contribution in [0.3, 0.4) is 0 Å². The third-order valence-electron chi connectivity index (χ3n) is 4.60. The molecule has 0 atom stereocenters. The highest BCUT2D eigenvalue weighted by molar-refractivity contribution is 8.02. The van der Waals surface area contributed by atoms with E-state index in [-0.39, 0.29) is 11.5 Å². The van der Waals surface area contributed by atoms with Crippen LogP contribution in [0.15, 0.2) is 76.6 Å². The van der Waals surface area contributed by atoms with Gasteiger partial charge in [-0.15, -0.1) is 23.1 Å². The topological polar surface area (TPSA) is 64.9 Å². The average Bonchev–Trinajstić information content (AvgIpc) is 3.27. The van der Waals surface area contributed by atoms with Crippen LogP contribution in [0.5, 0.6) is 0 Å². The van der Waals surface area contributed by atoms with Crippen molar-refractivity contribution in [1.29, 1.82) is 5.26 Å². The zero-order valence-corrected chi connectivity index (χ0v) is 18.6. The van der Waals surface area contributed by atoms with Crippen molar-refractivity contribution in [1.82, 2.24) is 5.32 Å². The van der Waals surface area contributed by atoms with Gasteiger partial charge in [-0.05, 0) is 48.1 Å². The summed E-state index contributed by atoms with van der Waals surface area (Å²) in [5.41, 5.74) is 4.36. The molecule has 4 nitrogen and oxygen atoms in total. The van der Waals surface area contributed by atoms with E-state index in [0.717, 1.165) is 16.1 Å². The van der Waals surface area contributed by atoms with Crippen LogP contribution < -0.4 is 10.6 Å². The third kappa shape index (κ3) is 5.76. The summed E-state index contributed by atoms with van der Waals surface area (Å²) in [6.07, 6.45) is 0. The summed E-state index contributed by atoms with van der Waals surface area (Å²) in [5.74, 6) is 0.281. The summed E-state index contributed by atoms with van der Waals surface area (Å²) in [7, 11) is 0. The lowest BCUT2D eigenvalue weighted by Gasteiger charge is -2.15. The van der Waals surface area contributed by atoms with Crippen LogP contribution in [0.1, 0.15) is 21.6 Å². The summed E-state index contributed by atoms with van der Waals surface area (Å²) in [5, 5.41) is 18.5. The fraction of sp³-hybridized carbons (Fsp3) is 0.167. The minimum Gasteiger partial charge on any atom is -0.349 e. The highest BCUT2D eigenvalue weighted by Crippen LogP contribution is 2.28. The summed E-state index contributed by atoms with van der Waals surface area (Å²) in [6.45, 7) is 4.46. The van der Waals surface area contributed by atoms with Crippen molar-refractivity contribution in [2.24, 2.45) is 0 Å². The summed E-state index contributed by atoms with van der Waals surface area (Å²) < 4.78 is 0. The van der Waals surface area contributed by atoms with E-state index in [9.17, 15) is 10.1 Å². The molecule has 6 heteroatoms. The van der Waals surface area contributed by atoms with Crippen molar-refractivity contribution in [3.63, 3.8) is 0 Å². The van der Waals surface area contributed by atoms with Crippen LogP contribution >= 0.6 is 23.1 Å². The molecule has 1 heterocycles. The van der Waals surface area contributed by atoms with Gasteiger partial charge in [-0.3, -0.25) is 4.79 Å². The van der Waals surface area contributed by atoms with Gasteiger partial charge in [0.1, 0.15) is 11.6 Å². The first-order chi connectivity index (χ1) is 14.6. The quantitative estimate of drug-likeness (QED) is 0.350. The second-order valence-corrected chi connectivity index (χ2v) is 8.75. The number of carbonyl (C=O) groups excluding carboxylic acids is 1. The summed E-state index contributed by atoms with van der Waals surface area (Å²) in [6, 6.07) is 22.0. The van der Waals surface area contributed by atoms with Crippen molar-refractivity contribution < 1.29 is 4.79 Å². The number of carbonyl (C=O) groups is 1. The van der Waals surface area contributed by atoms with Crippen LogP contribution in [0.4, 0.5) is 5.69 Å². The predicted molar refractivity (Wildman–Crippen MR) is 126 cm³/mol. The van der Waals surface area contributed by atoms with Crippen molar-refractivity contribution in [3.8, 4) is 6.07 Å². The first kappa shape index (κ1) is 21.7. The van der Waals surface area contributed by atoms with Crippen LogP contribution in [-0.4, -0.2) is 5.91 Å². The number of thiophene rings is 1. The molecule has 0 bridgehead atoms.